The van der Waals surface area contributed by atoms with Gasteiger partial charge in [0.15, 0.2) is 5.69 Å². The molecular formula is C12H14N4O3. The summed E-state index contributed by atoms with van der Waals surface area (Å²) in [6.45, 7) is 2.92. The topological polar surface area (TPSA) is 105 Å². The maximum absolute atomic E-state index is 12.4. The van der Waals surface area contributed by atoms with Crippen LogP contribution in [0, 0.1) is 0 Å². The highest BCUT2D eigenvalue weighted by Crippen LogP contribution is 2.22. The van der Waals surface area contributed by atoms with E-state index in [1.807, 2.05) is 0 Å². The molecule has 2 rings (SSSR count). The van der Waals surface area contributed by atoms with Crippen molar-refractivity contribution in [3.63, 3.8) is 0 Å². The number of hydrogen-bond acceptors (Lipinski definition) is 5. The zero-order valence-corrected chi connectivity index (χ0v) is 10.6. The van der Waals surface area contributed by atoms with Crippen LogP contribution in [0.25, 0.3) is 0 Å². The van der Waals surface area contributed by atoms with Crippen molar-refractivity contribution < 1.29 is 14.4 Å². The lowest BCUT2D eigenvalue weighted by molar-refractivity contribution is -0.143. The number of aromatic nitrogens is 1. The molecule has 0 aliphatic carbocycles. The van der Waals surface area contributed by atoms with Gasteiger partial charge in [0, 0.05) is 6.20 Å². The van der Waals surface area contributed by atoms with Gasteiger partial charge in [-0.1, -0.05) is 0 Å². The fourth-order valence-corrected chi connectivity index (χ4v) is 1.83. The zero-order valence-electron chi connectivity index (χ0n) is 10.6. The number of rotatable bonds is 1. The monoisotopic (exact) mass is 262 g/mol. The van der Waals surface area contributed by atoms with E-state index in [1.54, 1.807) is 26.0 Å². The van der Waals surface area contributed by atoms with Crippen LogP contribution in [0.1, 0.15) is 24.3 Å². The summed E-state index contributed by atoms with van der Waals surface area (Å²) in [6.07, 6.45) is 1.43. The molecule has 1 saturated heterocycles. The molecule has 0 atom stereocenters. The summed E-state index contributed by atoms with van der Waals surface area (Å²) in [7, 11) is 0. The molecule has 0 saturated carbocycles. The van der Waals surface area contributed by atoms with E-state index >= 15 is 0 Å². The minimum Gasteiger partial charge on any atom is -0.397 e. The van der Waals surface area contributed by atoms with Gasteiger partial charge in [-0.05, 0) is 26.0 Å². The Kier molecular flexibility index (Phi) is 2.97. The Morgan fingerprint density at radius 1 is 1.47 bits per heavy atom. The Balaban J connectivity index is 2.40. The Hall–Kier alpha value is -2.44. The molecule has 7 nitrogen and oxygen atoms in total. The summed E-state index contributed by atoms with van der Waals surface area (Å²) in [4.78, 5) is 40.7. The molecule has 1 aliphatic heterocycles. The first-order valence-electron chi connectivity index (χ1n) is 5.71. The smallest absolute Gasteiger partial charge is 0.275 e. The fourth-order valence-electron chi connectivity index (χ4n) is 1.83. The highest BCUT2D eigenvalue weighted by molar-refractivity contribution is 6.09. The van der Waals surface area contributed by atoms with Crippen LogP contribution in [0.15, 0.2) is 18.3 Å². The molecule has 3 N–H and O–H groups in total. The second kappa shape index (κ2) is 4.34. The van der Waals surface area contributed by atoms with E-state index in [2.05, 4.69) is 10.3 Å². The van der Waals surface area contributed by atoms with Crippen molar-refractivity contribution in [1.82, 2.24) is 15.2 Å². The summed E-state index contributed by atoms with van der Waals surface area (Å²) >= 11 is 0. The average Bonchev–Trinajstić information content (AvgIpc) is 2.34. The molecule has 0 radical (unpaired) electrons. The quantitative estimate of drug-likeness (QED) is 0.666. The molecule has 1 aromatic rings. The first-order chi connectivity index (χ1) is 8.84. The van der Waals surface area contributed by atoms with Gasteiger partial charge in [0.1, 0.15) is 12.1 Å². The third-order valence-electron chi connectivity index (χ3n) is 3.07. The minimum absolute atomic E-state index is 0.0399. The lowest BCUT2D eigenvalue weighted by Crippen LogP contribution is -2.65. The predicted octanol–water partition coefficient (Wildman–Crippen LogP) is -0.459. The molecule has 1 aliphatic rings. The van der Waals surface area contributed by atoms with Gasteiger partial charge in [-0.3, -0.25) is 19.7 Å². The normalized spacial score (nSPS) is 18.1. The number of hydrogen-bond donors (Lipinski definition) is 2. The number of pyridine rings is 1. The highest BCUT2D eigenvalue weighted by atomic mass is 16.2. The molecule has 0 unspecified atom stereocenters. The van der Waals surface area contributed by atoms with E-state index in [1.165, 1.54) is 11.1 Å². The van der Waals surface area contributed by atoms with Crippen LogP contribution in [0.5, 0.6) is 0 Å². The van der Waals surface area contributed by atoms with E-state index in [0.717, 1.165) is 0 Å². The largest absolute Gasteiger partial charge is 0.397 e. The van der Waals surface area contributed by atoms with E-state index in [4.69, 9.17) is 5.73 Å². The van der Waals surface area contributed by atoms with Crippen molar-refractivity contribution in [2.75, 3.05) is 12.3 Å². The van der Waals surface area contributed by atoms with Gasteiger partial charge in [-0.15, -0.1) is 0 Å². The summed E-state index contributed by atoms with van der Waals surface area (Å²) in [5.41, 5.74) is 4.81. The summed E-state index contributed by atoms with van der Waals surface area (Å²) < 4.78 is 0. The fraction of sp³-hybridized carbons (Fsp3) is 0.333. The van der Waals surface area contributed by atoms with Crippen LogP contribution < -0.4 is 11.1 Å². The number of nitrogens with two attached hydrogens (primary N) is 1. The van der Waals surface area contributed by atoms with Gasteiger partial charge in [-0.25, -0.2) is 4.98 Å². The molecule has 100 valence electrons. The minimum atomic E-state index is -1.13. The zero-order chi connectivity index (χ0) is 14.2. The molecule has 7 heteroatoms. The number of anilines is 1. The number of carbonyl (C=O) groups excluding carboxylic acids is 3. The third kappa shape index (κ3) is 2.14. The Morgan fingerprint density at radius 3 is 2.79 bits per heavy atom. The number of nitrogen functional groups attached to an aromatic ring is 1. The van der Waals surface area contributed by atoms with Crippen molar-refractivity contribution in [3.05, 3.63) is 24.0 Å². The van der Waals surface area contributed by atoms with Gasteiger partial charge >= 0.3 is 0 Å². The van der Waals surface area contributed by atoms with Crippen molar-refractivity contribution in [1.29, 1.82) is 0 Å². The van der Waals surface area contributed by atoms with Crippen LogP contribution in [0.2, 0.25) is 0 Å². The standard InChI is InChI=1S/C12H14N4O3/c1-12(2)11(19)15-8(17)6-16(12)10(18)9-7(13)4-3-5-14-9/h3-5H,6,13H2,1-2H3,(H,15,17,19). The number of amides is 3. The van der Waals surface area contributed by atoms with Gasteiger partial charge in [-0.2, -0.15) is 0 Å². The van der Waals surface area contributed by atoms with E-state index in [9.17, 15) is 14.4 Å². The van der Waals surface area contributed by atoms with Gasteiger partial charge < -0.3 is 10.6 Å². The van der Waals surface area contributed by atoms with Crippen LogP contribution >= 0.6 is 0 Å². The van der Waals surface area contributed by atoms with E-state index in [0.29, 0.717) is 0 Å². The van der Waals surface area contributed by atoms with Crippen LogP contribution in [-0.2, 0) is 9.59 Å². The Morgan fingerprint density at radius 2 is 2.16 bits per heavy atom. The molecule has 0 aromatic carbocycles. The number of piperazine rings is 1. The van der Waals surface area contributed by atoms with Gasteiger partial charge in [0.25, 0.3) is 11.8 Å². The average molecular weight is 262 g/mol. The third-order valence-corrected chi connectivity index (χ3v) is 3.07. The molecule has 0 bridgehead atoms. The maximum Gasteiger partial charge on any atom is 0.275 e. The Labute approximate surface area is 109 Å². The number of imide groups is 1. The predicted molar refractivity (Wildman–Crippen MR) is 66.9 cm³/mol. The lowest BCUT2D eigenvalue weighted by atomic mass is 9.98. The summed E-state index contributed by atoms with van der Waals surface area (Å²) in [6, 6.07) is 3.14. The molecule has 1 aromatic heterocycles. The SMILES string of the molecule is CC1(C)C(=O)NC(=O)CN1C(=O)c1ncccc1N. The number of nitrogens with one attached hydrogen (secondary N) is 1. The van der Waals surface area contributed by atoms with Crippen LogP contribution in [0.3, 0.4) is 0 Å². The second-order valence-electron chi connectivity index (χ2n) is 4.77. The highest BCUT2D eigenvalue weighted by Gasteiger charge is 2.44. The summed E-state index contributed by atoms with van der Waals surface area (Å²) in [5.74, 6) is -1.58. The summed E-state index contributed by atoms with van der Waals surface area (Å²) in [5, 5.41) is 2.20. The van der Waals surface area contributed by atoms with Crippen molar-refractivity contribution in [2.45, 2.75) is 19.4 Å². The Bertz CT molecular complexity index is 568. The first kappa shape index (κ1) is 13.0. The molecule has 3 amide bonds. The molecule has 2 heterocycles. The van der Waals surface area contributed by atoms with Gasteiger partial charge in [0.2, 0.25) is 5.91 Å². The molecule has 0 spiro atoms. The van der Waals surface area contributed by atoms with E-state index < -0.39 is 23.3 Å². The number of carbonyl (C=O) groups is 3. The van der Waals surface area contributed by atoms with Crippen molar-refractivity contribution in [3.8, 4) is 0 Å². The van der Waals surface area contributed by atoms with Crippen molar-refractivity contribution >= 4 is 23.4 Å². The molecule has 1 fully saturated rings. The van der Waals surface area contributed by atoms with Gasteiger partial charge in [0.05, 0.1) is 5.69 Å². The molecule has 19 heavy (non-hydrogen) atoms. The van der Waals surface area contributed by atoms with E-state index in [-0.39, 0.29) is 17.9 Å². The maximum atomic E-state index is 12.4. The number of nitrogens with zero attached hydrogens (tertiary/aromatic N) is 2. The van der Waals surface area contributed by atoms with Crippen molar-refractivity contribution in [2.24, 2.45) is 0 Å². The van der Waals surface area contributed by atoms with Crippen LogP contribution in [0.4, 0.5) is 5.69 Å². The molecular weight excluding hydrogens is 248 g/mol. The lowest BCUT2D eigenvalue weighted by Gasteiger charge is -2.39. The second-order valence-corrected chi connectivity index (χ2v) is 4.77. The van der Waals surface area contributed by atoms with Crippen LogP contribution in [-0.4, -0.2) is 39.7 Å². The first-order valence-corrected chi connectivity index (χ1v) is 5.71.